The molecule has 1 amide bonds. The second kappa shape index (κ2) is 9.90. The SMILES string of the molecule is [3H]C(=C)OC(=O)[C@H](CC(=O)OC(C)(C)C)N(C)C(=O)OCC1c2ccccc2-c2ccccc21. The van der Waals surface area contributed by atoms with Gasteiger partial charge in [-0.2, -0.15) is 0 Å². The van der Waals surface area contributed by atoms with E-state index >= 15 is 0 Å². The molecule has 174 valence electrons. The molecule has 0 saturated heterocycles. The maximum absolute atomic E-state index is 12.9. The maximum Gasteiger partial charge on any atom is 0.410 e. The van der Waals surface area contributed by atoms with Crippen LogP contribution in [0.2, 0.25) is 0 Å². The van der Waals surface area contributed by atoms with Crippen LogP contribution in [0.4, 0.5) is 4.79 Å². The smallest absolute Gasteiger partial charge is 0.410 e. The number of rotatable bonds is 7. The van der Waals surface area contributed by atoms with Gasteiger partial charge in [-0.15, -0.1) is 0 Å². The first-order chi connectivity index (χ1) is 16.0. The Morgan fingerprint density at radius 3 is 2.15 bits per heavy atom. The minimum atomic E-state index is -1.34. The zero-order valence-corrected chi connectivity index (χ0v) is 19.3. The van der Waals surface area contributed by atoms with Crippen molar-refractivity contribution in [3.63, 3.8) is 0 Å². The topological polar surface area (TPSA) is 82.1 Å². The van der Waals surface area contributed by atoms with E-state index < -0.39 is 42.3 Å². The van der Waals surface area contributed by atoms with E-state index in [-0.39, 0.29) is 12.5 Å². The second-order valence-electron chi connectivity index (χ2n) is 8.79. The van der Waals surface area contributed by atoms with Crippen LogP contribution < -0.4 is 0 Å². The Labute approximate surface area is 195 Å². The van der Waals surface area contributed by atoms with Crippen molar-refractivity contribution in [2.45, 2.75) is 44.8 Å². The largest absolute Gasteiger partial charge is 0.460 e. The summed E-state index contributed by atoms with van der Waals surface area (Å²) in [6, 6.07) is 14.5. The minimum Gasteiger partial charge on any atom is -0.460 e. The number of carbonyl (C=O) groups excluding carboxylic acids is 3. The summed E-state index contributed by atoms with van der Waals surface area (Å²) in [5.41, 5.74) is 3.51. The lowest BCUT2D eigenvalue weighted by Crippen LogP contribution is -2.45. The predicted octanol–water partition coefficient (Wildman–Crippen LogP) is 4.65. The summed E-state index contributed by atoms with van der Waals surface area (Å²) in [5, 5.41) is 0. The van der Waals surface area contributed by atoms with Crippen LogP contribution in [0.1, 0.15) is 45.6 Å². The van der Waals surface area contributed by atoms with Crippen LogP contribution in [0.5, 0.6) is 0 Å². The van der Waals surface area contributed by atoms with Crippen molar-refractivity contribution in [1.82, 2.24) is 4.90 Å². The molecule has 0 saturated carbocycles. The molecule has 1 aliphatic carbocycles. The molecule has 7 nitrogen and oxygen atoms in total. The fraction of sp³-hybridized carbons (Fsp3) is 0.346. The summed E-state index contributed by atoms with van der Waals surface area (Å²) >= 11 is 0. The average molecular weight is 454 g/mol. The Hall–Kier alpha value is -3.61. The van der Waals surface area contributed by atoms with Crippen LogP contribution in [-0.2, 0) is 23.8 Å². The van der Waals surface area contributed by atoms with Gasteiger partial charge in [0.1, 0.15) is 19.6 Å². The first kappa shape index (κ1) is 22.6. The van der Waals surface area contributed by atoms with E-state index in [1.165, 1.54) is 7.05 Å². The molecule has 0 unspecified atom stereocenters. The molecule has 0 radical (unpaired) electrons. The van der Waals surface area contributed by atoms with Crippen LogP contribution in [0.3, 0.4) is 0 Å². The Bertz CT molecular complexity index is 1060. The van der Waals surface area contributed by atoms with Gasteiger partial charge in [0.15, 0.2) is 0 Å². The number of benzene rings is 2. The lowest BCUT2D eigenvalue weighted by atomic mass is 9.98. The molecular formula is C26H29NO6. The van der Waals surface area contributed by atoms with Crippen LogP contribution in [0, 0.1) is 0 Å². The third kappa shape index (κ3) is 5.61. The van der Waals surface area contributed by atoms with Crippen molar-refractivity contribution in [2.75, 3.05) is 13.7 Å². The molecule has 3 rings (SSSR count). The number of likely N-dealkylation sites (N-methyl/N-ethyl adjacent to an activating group) is 1. The molecule has 1 aliphatic rings. The van der Waals surface area contributed by atoms with Crippen molar-refractivity contribution < 1.29 is 30.0 Å². The highest BCUT2D eigenvalue weighted by atomic mass is 16.6. The monoisotopic (exact) mass is 453 g/mol. The van der Waals surface area contributed by atoms with Gasteiger partial charge in [0.2, 0.25) is 0 Å². The lowest BCUT2D eigenvalue weighted by Gasteiger charge is -2.27. The van der Waals surface area contributed by atoms with Crippen molar-refractivity contribution in [2.24, 2.45) is 0 Å². The highest BCUT2D eigenvalue weighted by Crippen LogP contribution is 2.44. The van der Waals surface area contributed by atoms with Crippen LogP contribution in [-0.4, -0.2) is 48.2 Å². The van der Waals surface area contributed by atoms with Gasteiger partial charge in [-0.3, -0.25) is 9.69 Å². The molecule has 2 aromatic carbocycles. The number of hydrogen-bond donors (Lipinski definition) is 0. The van der Waals surface area contributed by atoms with Gasteiger partial charge < -0.3 is 14.2 Å². The molecule has 7 heteroatoms. The number of nitrogens with zero attached hydrogens (tertiary/aromatic N) is 1. The molecular weight excluding hydrogens is 422 g/mol. The summed E-state index contributed by atoms with van der Waals surface area (Å²) in [6.45, 7) is 8.36. The molecule has 0 N–H and O–H groups in total. The fourth-order valence-electron chi connectivity index (χ4n) is 3.88. The highest BCUT2D eigenvalue weighted by molar-refractivity contribution is 5.86. The quantitative estimate of drug-likeness (QED) is 0.345. The molecule has 0 heterocycles. The highest BCUT2D eigenvalue weighted by Gasteiger charge is 2.35. The molecule has 33 heavy (non-hydrogen) atoms. The molecule has 0 aromatic heterocycles. The molecule has 2 aromatic rings. The molecule has 0 spiro atoms. The van der Waals surface area contributed by atoms with Gasteiger partial charge >= 0.3 is 18.0 Å². The van der Waals surface area contributed by atoms with Crippen LogP contribution in [0.15, 0.2) is 61.3 Å². The van der Waals surface area contributed by atoms with Gasteiger partial charge in [0.05, 0.1) is 12.7 Å². The standard InChI is InChI=1S/C26H29NO6/c1-6-31-24(29)22(15-23(28)33-26(2,3)4)27(5)25(30)32-16-21-19-13-9-7-11-17(19)18-12-8-10-14-20(18)21/h6-14,21-22H,1,15-16H2,2-5H3/t22-/m0/s1/i6T. The first-order valence-corrected chi connectivity index (χ1v) is 10.6. The Morgan fingerprint density at radius 2 is 1.64 bits per heavy atom. The number of fused-ring (bicyclic) bond motifs is 3. The molecule has 0 fully saturated rings. The van der Waals surface area contributed by atoms with Crippen LogP contribution >= 0.6 is 0 Å². The average Bonchev–Trinajstić information content (AvgIpc) is 3.07. The maximum atomic E-state index is 12.9. The number of ether oxygens (including phenoxy) is 3. The van der Waals surface area contributed by atoms with Crippen molar-refractivity contribution in [3.05, 3.63) is 72.5 Å². The van der Waals surface area contributed by atoms with Gasteiger partial charge in [0, 0.05) is 13.0 Å². The number of amides is 1. The van der Waals surface area contributed by atoms with E-state index in [4.69, 9.17) is 15.6 Å². The van der Waals surface area contributed by atoms with E-state index in [1.54, 1.807) is 20.8 Å². The third-order valence-electron chi connectivity index (χ3n) is 5.32. The Morgan fingerprint density at radius 1 is 1.09 bits per heavy atom. The van der Waals surface area contributed by atoms with Gasteiger partial charge in [-0.25, -0.2) is 9.59 Å². The van der Waals surface area contributed by atoms with E-state index in [2.05, 4.69) is 6.58 Å². The van der Waals surface area contributed by atoms with Crippen LogP contribution in [0.25, 0.3) is 11.1 Å². The van der Waals surface area contributed by atoms with E-state index in [9.17, 15) is 14.4 Å². The number of carbonyl (C=O) groups is 3. The summed E-state index contributed by atoms with van der Waals surface area (Å²) in [5.74, 6) is -1.82. The van der Waals surface area contributed by atoms with Gasteiger partial charge in [-0.05, 0) is 43.0 Å². The normalized spacial score (nSPS) is 13.8. The molecule has 1 atom stereocenters. The zero-order valence-electron chi connectivity index (χ0n) is 20.3. The Kier molecular flexibility index (Phi) is 6.77. The number of esters is 2. The first-order valence-electron chi connectivity index (χ1n) is 11.1. The predicted molar refractivity (Wildman–Crippen MR) is 123 cm³/mol. The Balaban J connectivity index is 1.74. The van der Waals surface area contributed by atoms with Crippen molar-refractivity contribution >= 4 is 18.0 Å². The van der Waals surface area contributed by atoms with Gasteiger partial charge in [0.25, 0.3) is 0 Å². The zero-order chi connectivity index (χ0) is 25.0. The third-order valence-corrected chi connectivity index (χ3v) is 5.32. The summed E-state index contributed by atoms with van der Waals surface area (Å²) in [6.07, 6.45) is -1.85. The minimum absolute atomic E-state index is 0.0521. The van der Waals surface area contributed by atoms with E-state index in [1.807, 2.05) is 48.5 Å². The molecule has 0 bridgehead atoms. The van der Waals surface area contributed by atoms with E-state index in [0.29, 0.717) is 0 Å². The number of hydrogen-bond acceptors (Lipinski definition) is 6. The van der Waals surface area contributed by atoms with Crippen molar-refractivity contribution in [3.8, 4) is 11.1 Å². The fourth-order valence-corrected chi connectivity index (χ4v) is 3.88. The summed E-state index contributed by atoms with van der Waals surface area (Å²) in [7, 11) is 1.34. The molecule has 0 aliphatic heterocycles. The lowest BCUT2D eigenvalue weighted by molar-refractivity contribution is -0.160. The summed E-state index contributed by atoms with van der Waals surface area (Å²) in [4.78, 5) is 38.8. The van der Waals surface area contributed by atoms with Gasteiger partial charge in [-0.1, -0.05) is 55.1 Å². The van der Waals surface area contributed by atoms with E-state index in [0.717, 1.165) is 27.2 Å². The second-order valence-corrected chi connectivity index (χ2v) is 8.79. The summed E-state index contributed by atoms with van der Waals surface area (Å²) < 4.78 is 22.9. The van der Waals surface area contributed by atoms with Crippen molar-refractivity contribution in [1.29, 1.82) is 0 Å².